The molecule has 1 amide bonds. The van der Waals surface area contributed by atoms with Gasteiger partial charge in [0.05, 0.1) is 18.6 Å². The molecule has 0 saturated carbocycles. The summed E-state index contributed by atoms with van der Waals surface area (Å²) in [4.78, 5) is 14.2. The van der Waals surface area contributed by atoms with Crippen LogP contribution in [0.2, 0.25) is 0 Å². The third kappa shape index (κ3) is 1.91. The molecule has 1 aromatic rings. The minimum atomic E-state index is -2.61. The highest BCUT2D eigenvalue weighted by Gasteiger charge is 2.47. The van der Waals surface area contributed by atoms with Crippen LogP contribution in [-0.4, -0.2) is 40.8 Å². The minimum absolute atomic E-state index is 0.0123. The predicted octanol–water partition coefficient (Wildman–Crippen LogP) is 1.66. The Balaban J connectivity index is 1.81. The zero-order chi connectivity index (χ0) is 14.3. The summed E-state index contributed by atoms with van der Waals surface area (Å²) in [6.07, 6.45) is -1.36. The topological polar surface area (TPSA) is 58.2 Å². The Morgan fingerprint density at radius 3 is 2.85 bits per heavy atom. The molecule has 3 rings (SSSR count). The molecule has 7 heteroatoms. The van der Waals surface area contributed by atoms with E-state index in [9.17, 15) is 13.6 Å². The molecule has 1 fully saturated rings. The van der Waals surface area contributed by atoms with E-state index in [1.165, 1.54) is 0 Å². The second-order valence-corrected chi connectivity index (χ2v) is 5.47. The van der Waals surface area contributed by atoms with Gasteiger partial charge >= 0.3 is 0 Å². The van der Waals surface area contributed by atoms with Gasteiger partial charge in [0.2, 0.25) is 5.91 Å². The van der Waals surface area contributed by atoms with Crippen LogP contribution >= 0.6 is 0 Å². The maximum Gasteiger partial charge on any atom is 0.282 e. The maximum absolute atomic E-state index is 12.9. The second kappa shape index (κ2) is 4.80. The van der Waals surface area contributed by atoms with Gasteiger partial charge in [-0.25, -0.2) is 8.78 Å². The number of carbonyl (C=O) groups is 1. The Bertz CT molecular complexity index is 520. The van der Waals surface area contributed by atoms with Crippen LogP contribution in [0.25, 0.3) is 0 Å². The maximum atomic E-state index is 12.9. The van der Waals surface area contributed by atoms with Crippen LogP contribution in [0.3, 0.4) is 0 Å². The molecule has 2 aliphatic heterocycles. The molecule has 1 aromatic heterocycles. The van der Waals surface area contributed by atoms with Crippen molar-refractivity contribution < 1.29 is 18.3 Å². The van der Waals surface area contributed by atoms with E-state index in [-0.39, 0.29) is 18.1 Å². The number of aromatic nitrogens is 2. The van der Waals surface area contributed by atoms with Crippen molar-refractivity contribution in [3.05, 3.63) is 17.0 Å². The van der Waals surface area contributed by atoms with Crippen LogP contribution < -0.4 is 0 Å². The van der Waals surface area contributed by atoms with E-state index >= 15 is 0 Å². The first-order chi connectivity index (χ1) is 9.57. The van der Waals surface area contributed by atoms with Crippen molar-refractivity contribution in [3.63, 3.8) is 0 Å². The molecule has 20 heavy (non-hydrogen) atoms. The van der Waals surface area contributed by atoms with Crippen LogP contribution in [0.1, 0.15) is 36.7 Å². The van der Waals surface area contributed by atoms with Crippen molar-refractivity contribution in [2.45, 2.75) is 32.7 Å². The summed E-state index contributed by atoms with van der Waals surface area (Å²) in [6, 6.07) is 0. The van der Waals surface area contributed by atoms with Crippen LogP contribution in [0.15, 0.2) is 0 Å². The molecule has 1 N–H and O–H groups in total. The fraction of sp³-hybridized carbons (Fsp3) is 0.692. The van der Waals surface area contributed by atoms with Gasteiger partial charge in [-0.2, -0.15) is 5.10 Å². The molecule has 0 unspecified atom stereocenters. The molecule has 0 atom stereocenters. The Morgan fingerprint density at radius 1 is 1.55 bits per heavy atom. The van der Waals surface area contributed by atoms with Crippen molar-refractivity contribution in [2.24, 2.45) is 5.41 Å². The van der Waals surface area contributed by atoms with Gasteiger partial charge in [-0.05, 0) is 6.42 Å². The van der Waals surface area contributed by atoms with Crippen molar-refractivity contribution in [2.75, 3.05) is 19.8 Å². The van der Waals surface area contributed by atoms with E-state index < -0.39 is 11.8 Å². The van der Waals surface area contributed by atoms with Gasteiger partial charge in [-0.15, -0.1) is 0 Å². The summed E-state index contributed by atoms with van der Waals surface area (Å²) in [5, 5.41) is 6.32. The molecule has 5 nitrogen and oxygen atoms in total. The lowest BCUT2D eigenvalue weighted by Gasteiger charge is -2.43. The number of nitrogens with one attached hydrogen (secondary N) is 1. The average Bonchev–Trinajstić information content (AvgIpc) is 2.80. The summed E-state index contributed by atoms with van der Waals surface area (Å²) < 4.78 is 30.9. The number of hydrogen-bond donors (Lipinski definition) is 1. The van der Waals surface area contributed by atoms with E-state index in [0.29, 0.717) is 38.2 Å². The number of aromatic amines is 1. The molecule has 1 saturated heterocycles. The molecular formula is C13H17F2N3O2. The Hall–Kier alpha value is -1.50. The van der Waals surface area contributed by atoms with E-state index in [4.69, 9.17) is 4.74 Å². The summed E-state index contributed by atoms with van der Waals surface area (Å²) in [6.45, 7) is 3.57. The fourth-order valence-electron chi connectivity index (χ4n) is 2.83. The fourth-order valence-corrected chi connectivity index (χ4v) is 2.83. The minimum Gasteiger partial charge on any atom is -0.379 e. The smallest absolute Gasteiger partial charge is 0.282 e. The van der Waals surface area contributed by atoms with E-state index in [2.05, 4.69) is 10.2 Å². The van der Waals surface area contributed by atoms with Gasteiger partial charge in [0.15, 0.2) is 0 Å². The Labute approximate surface area is 115 Å². The zero-order valence-corrected chi connectivity index (χ0v) is 11.3. The number of carbonyl (C=O) groups excluding carboxylic acids is 1. The SMILES string of the molecule is CCC1(C(=O)N2CCc3[nH]nc(C(F)F)c3C2)COC1. The van der Waals surface area contributed by atoms with Gasteiger partial charge in [0, 0.05) is 30.8 Å². The van der Waals surface area contributed by atoms with Crippen molar-refractivity contribution in [1.82, 2.24) is 15.1 Å². The number of amides is 1. The average molecular weight is 285 g/mol. The highest BCUT2D eigenvalue weighted by Crippen LogP contribution is 2.36. The van der Waals surface area contributed by atoms with Crippen LogP contribution in [0.4, 0.5) is 8.78 Å². The highest BCUT2D eigenvalue weighted by atomic mass is 19.3. The molecule has 3 heterocycles. The lowest BCUT2D eigenvalue weighted by atomic mass is 9.81. The number of alkyl halides is 2. The first-order valence-electron chi connectivity index (χ1n) is 6.78. The van der Waals surface area contributed by atoms with Crippen LogP contribution in [0.5, 0.6) is 0 Å². The quantitative estimate of drug-likeness (QED) is 0.919. The number of nitrogens with zero attached hydrogens (tertiary/aromatic N) is 2. The van der Waals surface area contributed by atoms with Crippen LogP contribution in [0, 0.1) is 5.41 Å². The summed E-state index contributed by atoms with van der Waals surface area (Å²) in [5.74, 6) is 0.0123. The zero-order valence-electron chi connectivity index (χ0n) is 11.3. The standard InChI is InChI=1S/C13H17F2N3O2/c1-2-13(6-20-7-13)12(19)18-4-3-9-8(5-18)10(11(14)15)17-16-9/h11H,2-7H2,1H3,(H,16,17). The normalized spacial score (nSPS) is 20.7. The number of hydrogen-bond acceptors (Lipinski definition) is 3. The largest absolute Gasteiger partial charge is 0.379 e. The van der Waals surface area contributed by atoms with E-state index in [1.54, 1.807) is 4.90 Å². The number of ether oxygens (including phenoxy) is 1. The second-order valence-electron chi connectivity index (χ2n) is 5.47. The molecule has 110 valence electrons. The van der Waals surface area contributed by atoms with Gasteiger partial charge in [0.1, 0.15) is 5.69 Å². The van der Waals surface area contributed by atoms with E-state index in [1.807, 2.05) is 6.92 Å². The number of H-pyrrole nitrogens is 1. The lowest BCUT2D eigenvalue weighted by Crippen LogP contribution is -2.55. The third-order valence-corrected chi connectivity index (χ3v) is 4.35. The summed E-state index contributed by atoms with van der Waals surface area (Å²) in [5.41, 5.74) is 0.519. The molecule has 0 aliphatic carbocycles. The monoisotopic (exact) mass is 285 g/mol. The number of fused-ring (bicyclic) bond motifs is 1. The summed E-state index contributed by atoms with van der Waals surface area (Å²) in [7, 11) is 0. The van der Waals surface area contributed by atoms with Crippen molar-refractivity contribution in [3.8, 4) is 0 Å². The lowest BCUT2D eigenvalue weighted by molar-refractivity contribution is -0.174. The van der Waals surface area contributed by atoms with Gasteiger partial charge in [-0.3, -0.25) is 9.89 Å². The van der Waals surface area contributed by atoms with Crippen LogP contribution in [-0.2, 0) is 22.5 Å². The van der Waals surface area contributed by atoms with Gasteiger partial charge < -0.3 is 9.64 Å². The van der Waals surface area contributed by atoms with Crippen molar-refractivity contribution >= 4 is 5.91 Å². The predicted molar refractivity (Wildman–Crippen MR) is 66.2 cm³/mol. The Morgan fingerprint density at radius 2 is 2.30 bits per heavy atom. The van der Waals surface area contributed by atoms with Gasteiger partial charge in [0.25, 0.3) is 6.43 Å². The van der Waals surface area contributed by atoms with Gasteiger partial charge in [-0.1, -0.05) is 6.92 Å². The third-order valence-electron chi connectivity index (χ3n) is 4.35. The molecule has 0 bridgehead atoms. The summed E-state index contributed by atoms with van der Waals surface area (Å²) >= 11 is 0. The van der Waals surface area contributed by atoms with Crippen molar-refractivity contribution in [1.29, 1.82) is 0 Å². The molecule has 0 aromatic carbocycles. The van der Waals surface area contributed by atoms with E-state index in [0.717, 1.165) is 5.69 Å². The highest BCUT2D eigenvalue weighted by molar-refractivity contribution is 5.84. The molecule has 0 spiro atoms. The molecule has 2 aliphatic rings. The number of halogens is 2. The number of rotatable bonds is 3. The molecular weight excluding hydrogens is 268 g/mol. The first kappa shape index (κ1) is 13.5. The Kier molecular flexibility index (Phi) is 3.24. The molecule has 0 radical (unpaired) electrons. The first-order valence-corrected chi connectivity index (χ1v) is 6.78.